The van der Waals surface area contributed by atoms with Crippen LogP contribution in [0, 0.1) is 6.92 Å². The van der Waals surface area contributed by atoms with Crippen LogP contribution in [0.15, 0.2) is 24.3 Å². The fraction of sp³-hybridized carbons (Fsp3) is 0.562. The summed E-state index contributed by atoms with van der Waals surface area (Å²) < 4.78 is 24.6. The van der Waals surface area contributed by atoms with Crippen LogP contribution in [0.3, 0.4) is 0 Å². The van der Waals surface area contributed by atoms with Crippen LogP contribution in [-0.2, 0) is 20.6 Å². The second-order valence-corrected chi connectivity index (χ2v) is 8.90. The van der Waals surface area contributed by atoms with Gasteiger partial charge in [0, 0.05) is 24.6 Å². The quantitative estimate of drug-likeness (QED) is 0.756. The van der Waals surface area contributed by atoms with E-state index in [0.29, 0.717) is 19.5 Å². The largest absolute Gasteiger partial charge is 0.354 e. The highest BCUT2D eigenvalue weighted by molar-refractivity contribution is 7.98. The Morgan fingerprint density at radius 1 is 1.35 bits per heavy atom. The lowest BCUT2D eigenvalue weighted by Crippen LogP contribution is -2.46. The third-order valence-electron chi connectivity index (χ3n) is 3.87. The van der Waals surface area contributed by atoms with Crippen molar-refractivity contribution in [2.75, 3.05) is 25.1 Å². The first-order valence-corrected chi connectivity index (χ1v) is 10.8. The van der Waals surface area contributed by atoms with Gasteiger partial charge in [0.15, 0.2) is 0 Å². The van der Waals surface area contributed by atoms with E-state index in [2.05, 4.69) is 36.5 Å². The summed E-state index contributed by atoms with van der Waals surface area (Å²) in [6.45, 7) is 3.07. The Kier molecular flexibility index (Phi) is 6.50. The second kappa shape index (κ2) is 8.17. The molecular weight excluding hydrogens is 332 g/mol. The highest BCUT2D eigenvalue weighted by Gasteiger charge is 2.36. The number of nitrogens with zero attached hydrogens (tertiary/aromatic N) is 1. The molecule has 1 unspecified atom stereocenters. The highest BCUT2D eigenvalue weighted by Crippen LogP contribution is 2.20. The van der Waals surface area contributed by atoms with Gasteiger partial charge in [-0.25, -0.2) is 8.42 Å². The lowest BCUT2D eigenvalue weighted by Gasteiger charge is -2.21. The molecule has 0 aliphatic carbocycles. The number of hydrogen-bond acceptors (Lipinski definition) is 4. The Bertz CT molecular complexity index is 629. The molecule has 1 N–H and O–H groups in total. The molecule has 1 aromatic rings. The van der Waals surface area contributed by atoms with Crippen LogP contribution in [-0.4, -0.2) is 49.8 Å². The Morgan fingerprint density at radius 2 is 2.04 bits per heavy atom. The molecule has 1 fully saturated rings. The minimum Gasteiger partial charge on any atom is -0.354 e. The summed E-state index contributed by atoms with van der Waals surface area (Å²) in [4.78, 5) is 12.1. The summed E-state index contributed by atoms with van der Waals surface area (Å²) in [5.74, 6) is 1.55. The van der Waals surface area contributed by atoms with Crippen molar-refractivity contribution in [3.05, 3.63) is 35.4 Å². The average molecular weight is 357 g/mol. The summed E-state index contributed by atoms with van der Waals surface area (Å²) in [7, 11) is -3.30. The van der Waals surface area contributed by atoms with Gasteiger partial charge in [-0.05, 0) is 25.3 Å². The molecule has 0 aromatic heterocycles. The van der Waals surface area contributed by atoms with E-state index >= 15 is 0 Å². The highest BCUT2D eigenvalue weighted by atomic mass is 32.2. The standard InChI is InChI=1S/C16H24N2O3S2/c1-13-5-7-14(8-6-13)12-22-11-9-17-16(19)15-4-3-10-18(15)23(2,20)21/h5-8,15H,3-4,9-12H2,1-2H3,(H,17,19). The number of sulfonamides is 1. The maximum Gasteiger partial charge on any atom is 0.238 e. The second-order valence-electron chi connectivity index (χ2n) is 5.86. The molecule has 1 heterocycles. The summed E-state index contributed by atoms with van der Waals surface area (Å²) >= 11 is 1.76. The molecule has 1 amide bonds. The summed E-state index contributed by atoms with van der Waals surface area (Å²) in [5.41, 5.74) is 2.52. The SMILES string of the molecule is Cc1ccc(CSCCNC(=O)C2CCCN2S(C)(=O)=O)cc1. The summed E-state index contributed by atoms with van der Waals surface area (Å²) in [5, 5.41) is 2.86. The molecule has 7 heteroatoms. The van der Waals surface area contributed by atoms with Crippen molar-refractivity contribution in [3.8, 4) is 0 Å². The zero-order chi connectivity index (χ0) is 16.9. The van der Waals surface area contributed by atoms with E-state index < -0.39 is 16.1 Å². The zero-order valence-corrected chi connectivity index (χ0v) is 15.3. The molecule has 1 aliphatic rings. The zero-order valence-electron chi connectivity index (χ0n) is 13.6. The van der Waals surface area contributed by atoms with Gasteiger partial charge in [-0.2, -0.15) is 16.1 Å². The number of hydrogen-bond donors (Lipinski definition) is 1. The Hall–Kier alpha value is -1.05. The van der Waals surface area contributed by atoms with Crippen LogP contribution in [0.1, 0.15) is 24.0 Å². The van der Waals surface area contributed by atoms with Gasteiger partial charge >= 0.3 is 0 Å². The van der Waals surface area contributed by atoms with Crippen molar-refractivity contribution in [2.45, 2.75) is 31.6 Å². The molecule has 23 heavy (non-hydrogen) atoms. The van der Waals surface area contributed by atoms with Gasteiger partial charge in [0.1, 0.15) is 6.04 Å². The van der Waals surface area contributed by atoms with E-state index in [4.69, 9.17) is 0 Å². The van der Waals surface area contributed by atoms with E-state index in [9.17, 15) is 13.2 Å². The predicted octanol–water partition coefficient (Wildman–Crippen LogP) is 1.77. The number of carbonyl (C=O) groups is 1. The molecule has 5 nitrogen and oxygen atoms in total. The molecule has 0 spiro atoms. The van der Waals surface area contributed by atoms with Crippen LogP contribution < -0.4 is 5.32 Å². The fourth-order valence-corrected chi connectivity index (χ4v) is 4.58. The van der Waals surface area contributed by atoms with Crippen molar-refractivity contribution in [1.82, 2.24) is 9.62 Å². The van der Waals surface area contributed by atoms with Crippen LogP contribution in [0.25, 0.3) is 0 Å². The molecule has 2 rings (SSSR count). The maximum absolute atomic E-state index is 12.1. The summed E-state index contributed by atoms with van der Waals surface area (Å²) in [6.07, 6.45) is 2.51. The third kappa shape index (κ3) is 5.51. The Labute approximate surface area is 142 Å². The van der Waals surface area contributed by atoms with Gasteiger partial charge in [-0.1, -0.05) is 29.8 Å². The Balaban J connectivity index is 1.69. The van der Waals surface area contributed by atoms with Gasteiger partial charge in [-0.3, -0.25) is 4.79 Å². The van der Waals surface area contributed by atoms with Crippen molar-refractivity contribution in [1.29, 1.82) is 0 Å². The smallest absolute Gasteiger partial charge is 0.238 e. The van der Waals surface area contributed by atoms with E-state index in [1.807, 2.05) is 0 Å². The van der Waals surface area contributed by atoms with Crippen molar-refractivity contribution in [2.24, 2.45) is 0 Å². The minimum absolute atomic E-state index is 0.177. The topological polar surface area (TPSA) is 66.5 Å². The van der Waals surface area contributed by atoms with E-state index in [-0.39, 0.29) is 5.91 Å². The number of rotatable bonds is 7. The molecule has 128 valence electrons. The van der Waals surface area contributed by atoms with E-state index in [1.54, 1.807) is 11.8 Å². The molecule has 0 radical (unpaired) electrons. The first-order chi connectivity index (χ1) is 10.9. The molecule has 0 bridgehead atoms. The normalized spacial score (nSPS) is 19.0. The number of benzene rings is 1. The van der Waals surface area contributed by atoms with Crippen LogP contribution in [0.4, 0.5) is 0 Å². The molecule has 0 saturated carbocycles. The lowest BCUT2D eigenvalue weighted by atomic mass is 10.2. The van der Waals surface area contributed by atoms with Crippen molar-refractivity contribution < 1.29 is 13.2 Å². The van der Waals surface area contributed by atoms with Gasteiger partial charge in [-0.15, -0.1) is 0 Å². The van der Waals surface area contributed by atoms with Gasteiger partial charge in [0.2, 0.25) is 15.9 Å². The van der Waals surface area contributed by atoms with Crippen molar-refractivity contribution >= 4 is 27.7 Å². The number of thioether (sulfide) groups is 1. The van der Waals surface area contributed by atoms with Crippen LogP contribution >= 0.6 is 11.8 Å². The van der Waals surface area contributed by atoms with E-state index in [1.165, 1.54) is 15.4 Å². The number of nitrogens with one attached hydrogen (secondary N) is 1. The lowest BCUT2D eigenvalue weighted by molar-refractivity contribution is -0.124. The number of carbonyl (C=O) groups excluding carboxylic acids is 1. The molecular formula is C16H24N2O3S2. The first kappa shape index (κ1) is 18.3. The van der Waals surface area contributed by atoms with Crippen molar-refractivity contribution in [3.63, 3.8) is 0 Å². The first-order valence-electron chi connectivity index (χ1n) is 7.76. The summed E-state index contributed by atoms with van der Waals surface area (Å²) in [6, 6.07) is 7.88. The predicted molar refractivity (Wildman–Crippen MR) is 94.9 cm³/mol. The fourth-order valence-electron chi connectivity index (χ4n) is 2.64. The number of aryl methyl sites for hydroxylation is 1. The van der Waals surface area contributed by atoms with Gasteiger partial charge in [0.25, 0.3) is 0 Å². The van der Waals surface area contributed by atoms with Crippen LogP contribution in [0.5, 0.6) is 0 Å². The van der Waals surface area contributed by atoms with E-state index in [0.717, 1.165) is 24.2 Å². The Morgan fingerprint density at radius 3 is 2.70 bits per heavy atom. The number of amides is 1. The van der Waals surface area contributed by atoms with Gasteiger partial charge in [0.05, 0.1) is 6.26 Å². The molecule has 1 aromatic carbocycles. The molecule has 1 saturated heterocycles. The van der Waals surface area contributed by atoms with Gasteiger partial charge < -0.3 is 5.32 Å². The molecule has 1 aliphatic heterocycles. The monoisotopic (exact) mass is 356 g/mol. The average Bonchev–Trinajstić information content (AvgIpc) is 2.98. The van der Waals surface area contributed by atoms with Crippen LogP contribution in [0.2, 0.25) is 0 Å². The maximum atomic E-state index is 12.1. The minimum atomic E-state index is -3.30. The molecule has 1 atom stereocenters. The third-order valence-corrected chi connectivity index (χ3v) is 6.19.